The predicted molar refractivity (Wildman–Crippen MR) is 94.1 cm³/mol. The first-order chi connectivity index (χ1) is 10.3. The van der Waals surface area contributed by atoms with Crippen LogP contribution in [0, 0.1) is 0 Å². The van der Waals surface area contributed by atoms with Crippen molar-refractivity contribution in [1.29, 1.82) is 0 Å². The molecule has 1 rings (SSSR count). The van der Waals surface area contributed by atoms with Crippen LogP contribution in [0.4, 0.5) is 0 Å². The number of unbranched alkanes of at least 4 members (excludes halogenated alkanes) is 9. The summed E-state index contributed by atoms with van der Waals surface area (Å²) in [4.78, 5) is 4.93. The highest BCUT2D eigenvalue weighted by atomic mass is 15.4. The van der Waals surface area contributed by atoms with Gasteiger partial charge in [-0.3, -0.25) is 0 Å². The molecule has 1 atom stereocenters. The van der Waals surface area contributed by atoms with Crippen molar-refractivity contribution >= 4 is 0 Å². The lowest BCUT2D eigenvalue weighted by Gasteiger charge is -2.30. The molecular weight excluding hydrogens is 256 g/mol. The zero-order valence-corrected chi connectivity index (χ0v) is 14.8. The van der Waals surface area contributed by atoms with Crippen LogP contribution in [-0.2, 0) is 0 Å². The smallest absolute Gasteiger partial charge is 0.100 e. The molecule has 2 heteroatoms. The molecule has 0 N–H and O–H groups in total. The lowest BCUT2D eigenvalue weighted by atomic mass is 10.1. The number of hydrogen-bond acceptors (Lipinski definition) is 2. The van der Waals surface area contributed by atoms with Crippen molar-refractivity contribution in [3.05, 3.63) is 12.4 Å². The maximum atomic E-state index is 2.55. The maximum absolute atomic E-state index is 2.55. The number of hydrogen-bond donors (Lipinski definition) is 0. The van der Waals surface area contributed by atoms with Crippen molar-refractivity contribution in [1.82, 2.24) is 9.80 Å². The first kappa shape index (κ1) is 18.4. The van der Waals surface area contributed by atoms with Gasteiger partial charge in [-0.15, -0.1) is 0 Å². The molecule has 0 aromatic carbocycles. The van der Waals surface area contributed by atoms with Crippen LogP contribution >= 0.6 is 0 Å². The summed E-state index contributed by atoms with van der Waals surface area (Å²) in [5, 5.41) is 0. The Kier molecular flexibility index (Phi) is 10.5. The average molecular weight is 295 g/mol. The monoisotopic (exact) mass is 294 g/mol. The van der Waals surface area contributed by atoms with Crippen molar-refractivity contribution < 1.29 is 0 Å². The van der Waals surface area contributed by atoms with Crippen LogP contribution in [0.3, 0.4) is 0 Å². The minimum Gasteiger partial charge on any atom is -0.359 e. The second-order valence-corrected chi connectivity index (χ2v) is 6.65. The fraction of sp³-hybridized carbons (Fsp3) is 0.895. The molecule has 0 spiro atoms. The molecule has 0 aromatic rings. The molecular formula is C19H38N2. The third-order valence-electron chi connectivity index (χ3n) is 4.68. The second-order valence-electron chi connectivity index (χ2n) is 6.65. The zero-order chi connectivity index (χ0) is 15.3. The van der Waals surface area contributed by atoms with E-state index in [0.717, 1.165) is 0 Å². The molecule has 0 radical (unpaired) electrons. The van der Waals surface area contributed by atoms with Gasteiger partial charge in [0.1, 0.15) is 6.17 Å². The van der Waals surface area contributed by atoms with Gasteiger partial charge in [-0.05, 0) is 19.3 Å². The van der Waals surface area contributed by atoms with Crippen molar-refractivity contribution in [2.45, 2.75) is 97.1 Å². The Morgan fingerprint density at radius 1 is 0.714 bits per heavy atom. The van der Waals surface area contributed by atoms with Gasteiger partial charge >= 0.3 is 0 Å². The highest BCUT2D eigenvalue weighted by Crippen LogP contribution is 2.20. The Balaban J connectivity index is 2.00. The quantitative estimate of drug-likeness (QED) is 0.399. The Labute approximate surface area is 133 Å². The molecule has 0 fully saturated rings. The molecule has 0 saturated heterocycles. The van der Waals surface area contributed by atoms with Crippen molar-refractivity contribution in [2.75, 3.05) is 13.6 Å². The largest absolute Gasteiger partial charge is 0.359 e. The number of rotatable bonds is 13. The zero-order valence-electron chi connectivity index (χ0n) is 14.8. The molecule has 124 valence electrons. The molecule has 0 aliphatic carbocycles. The maximum Gasteiger partial charge on any atom is 0.100 e. The summed E-state index contributed by atoms with van der Waals surface area (Å²) in [6.45, 7) is 5.82. The van der Waals surface area contributed by atoms with Gasteiger partial charge in [0.05, 0.1) is 0 Å². The first-order valence-electron chi connectivity index (χ1n) is 9.45. The van der Waals surface area contributed by atoms with E-state index in [1.807, 2.05) is 0 Å². The SMILES string of the molecule is CCCCCCCCCCCN1C=CN(C)C1CCCC. The van der Waals surface area contributed by atoms with Gasteiger partial charge < -0.3 is 9.80 Å². The first-order valence-corrected chi connectivity index (χ1v) is 9.45. The Morgan fingerprint density at radius 3 is 1.90 bits per heavy atom. The van der Waals surface area contributed by atoms with E-state index in [0.29, 0.717) is 6.17 Å². The van der Waals surface area contributed by atoms with Crippen molar-refractivity contribution in [2.24, 2.45) is 0 Å². The van der Waals surface area contributed by atoms with Crippen LogP contribution in [0.5, 0.6) is 0 Å². The average Bonchev–Trinajstić information content (AvgIpc) is 2.84. The molecule has 0 bridgehead atoms. The Morgan fingerprint density at radius 2 is 1.29 bits per heavy atom. The summed E-state index contributed by atoms with van der Waals surface area (Å²) < 4.78 is 0. The molecule has 1 aliphatic heterocycles. The van der Waals surface area contributed by atoms with Crippen molar-refractivity contribution in [3.8, 4) is 0 Å². The molecule has 21 heavy (non-hydrogen) atoms. The fourth-order valence-corrected chi connectivity index (χ4v) is 3.21. The minimum absolute atomic E-state index is 0.624. The van der Waals surface area contributed by atoms with Gasteiger partial charge in [-0.1, -0.05) is 71.6 Å². The van der Waals surface area contributed by atoms with E-state index in [-0.39, 0.29) is 0 Å². The summed E-state index contributed by atoms with van der Waals surface area (Å²) in [6.07, 6.45) is 21.9. The molecule has 2 nitrogen and oxygen atoms in total. The normalized spacial score (nSPS) is 18.0. The van der Waals surface area contributed by atoms with Gasteiger partial charge in [0, 0.05) is 26.0 Å². The van der Waals surface area contributed by atoms with Crippen molar-refractivity contribution in [3.63, 3.8) is 0 Å². The Hall–Kier alpha value is -0.660. The van der Waals surface area contributed by atoms with Gasteiger partial charge in [0.2, 0.25) is 0 Å². The van der Waals surface area contributed by atoms with Gasteiger partial charge in [0.15, 0.2) is 0 Å². The summed E-state index contributed by atoms with van der Waals surface area (Å²) >= 11 is 0. The lowest BCUT2D eigenvalue weighted by molar-refractivity contribution is 0.160. The molecule has 0 aromatic heterocycles. The van der Waals surface area contributed by atoms with Crippen LogP contribution in [-0.4, -0.2) is 29.6 Å². The lowest BCUT2D eigenvalue weighted by Crippen LogP contribution is -2.36. The fourth-order valence-electron chi connectivity index (χ4n) is 3.21. The molecule has 1 unspecified atom stereocenters. The summed E-state index contributed by atoms with van der Waals surface area (Å²) in [5.74, 6) is 0. The molecule has 1 heterocycles. The van der Waals surface area contributed by atoms with Gasteiger partial charge in [-0.25, -0.2) is 0 Å². The van der Waals surface area contributed by atoms with Crippen LogP contribution in [0.2, 0.25) is 0 Å². The standard InChI is InChI=1S/C19H38N2/c1-4-6-8-9-10-11-12-13-14-16-21-18-17-20(3)19(21)15-7-5-2/h17-19H,4-16H2,1-3H3. The summed E-state index contributed by atoms with van der Waals surface area (Å²) in [6, 6.07) is 0. The van der Waals surface area contributed by atoms with Crippen LogP contribution in [0.15, 0.2) is 12.4 Å². The van der Waals surface area contributed by atoms with Crippen LogP contribution in [0.1, 0.15) is 90.9 Å². The third kappa shape index (κ3) is 7.78. The summed E-state index contributed by atoms with van der Waals surface area (Å²) in [5.41, 5.74) is 0. The predicted octanol–water partition coefficient (Wildman–Crippen LogP) is 5.75. The minimum atomic E-state index is 0.624. The van der Waals surface area contributed by atoms with E-state index in [4.69, 9.17) is 0 Å². The third-order valence-corrected chi connectivity index (χ3v) is 4.68. The molecule has 0 amide bonds. The Bertz CT molecular complexity index is 262. The van der Waals surface area contributed by atoms with E-state index in [1.165, 1.54) is 83.6 Å². The highest BCUT2D eigenvalue weighted by Gasteiger charge is 2.21. The number of nitrogens with zero attached hydrogens (tertiary/aromatic N) is 2. The topological polar surface area (TPSA) is 6.48 Å². The van der Waals surface area contributed by atoms with E-state index in [9.17, 15) is 0 Å². The highest BCUT2D eigenvalue weighted by molar-refractivity contribution is 4.95. The van der Waals surface area contributed by atoms with Gasteiger partial charge in [-0.2, -0.15) is 0 Å². The van der Waals surface area contributed by atoms with Gasteiger partial charge in [0.25, 0.3) is 0 Å². The van der Waals surface area contributed by atoms with Crippen LogP contribution < -0.4 is 0 Å². The second kappa shape index (κ2) is 11.9. The van der Waals surface area contributed by atoms with E-state index in [1.54, 1.807) is 0 Å². The van der Waals surface area contributed by atoms with E-state index >= 15 is 0 Å². The molecule has 0 saturated carbocycles. The van der Waals surface area contributed by atoms with Crippen LogP contribution in [0.25, 0.3) is 0 Å². The summed E-state index contributed by atoms with van der Waals surface area (Å²) in [7, 11) is 2.22. The van der Waals surface area contributed by atoms with E-state index < -0.39 is 0 Å². The molecule has 1 aliphatic rings. The van der Waals surface area contributed by atoms with E-state index in [2.05, 4.69) is 43.1 Å².